The van der Waals surface area contributed by atoms with Gasteiger partial charge >= 0.3 is 0 Å². The Morgan fingerprint density at radius 3 is 2.73 bits per heavy atom. The van der Waals surface area contributed by atoms with Gasteiger partial charge in [0, 0.05) is 23.1 Å². The summed E-state index contributed by atoms with van der Waals surface area (Å²) < 4.78 is 8.16. The molecule has 2 amide bonds. The van der Waals surface area contributed by atoms with E-state index in [1.807, 2.05) is 26.1 Å². The first-order valence-corrected chi connectivity index (χ1v) is 10.5. The van der Waals surface area contributed by atoms with Crippen molar-refractivity contribution in [3.8, 4) is 5.75 Å². The van der Waals surface area contributed by atoms with Crippen molar-refractivity contribution in [1.29, 1.82) is 0 Å². The minimum Gasteiger partial charge on any atom is -0.481 e. The zero-order valence-corrected chi connectivity index (χ0v) is 18.5. The molecule has 0 radical (unpaired) electrons. The van der Waals surface area contributed by atoms with Crippen LogP contribution in [0.3, 0.4) is 0 Å². The number of nitrogens with zero attached hydrogens (tertiary/aromatic N) is 3. The molecule has 2 aromatic heterocycles. The second-order valence-corrected chi connectivity index (χ2v) is 8.35. The Morgan fingerprint density at radius 2 is 2.03 bits per heavy atom. The molecule has 3 aromatic rings. The van der Waals surface area contributed by atoms with Gasteiger partial charge in [-0.05, 0) is 51.0 Å². The monoisotopic (exact) mass is 471 g/mol. The number of aromatic nitrogens is 3. The number of nitrogens with one attached hydrogen (secondary N) is 2. The second kappa shape index (κ2) is 8.06. The zero-order valence-electron chi connectivity index (χ0n) is 16.9. The molecular weight excluding hydrogens is 450 g/mol. The number of pyridine rings is 1. The van der Waals surface area contributed by atoms with Crippen LogP contribution >= 0.6 is 15.9 Å². The van der Waals surface area contributed by atoms with Gasteiger partial charge in [-0.1, -0.05) is 22.0 Å². The Morgan fingerprint density at radius 1 is 1.27 bits per heavy atom. The van der Waals surface area contributed by atoms with Gasteiger partial charge in [0.15, 0.2) is 11.8 Å². The number of fused-ring (bicyclic) bond motifs is 1. The van der Waals surface area contributed by atoms with E-state index in [-0.39, 0.29) is 0 Å². The molecule has 0 aliphatic heterocycles. The van der Waals surface area contributed by atoms with Gasteiger partial charge in [0.05, 0.1) is 16.6 Å². The molecule has 2 N–H and O–H groups in total. The third kappa shape index (κ3) is 4.16. The Hall–Kier alpha value is -2.94. The Kier molecular flexibility index (Phi) is 5.46. The molecule has 1 aromatic carbocycles. The lowest BCUT2D eigenvalue weighted by Gasteiger charge is -2.15. The van der Waals surface area contributed by atoms with Gasteiger partial charge < -0.3 is 4.74 Å². The maximum atomic E-state index is 12.9. The number of hydrazine groups is 1. The zero-order chi connectivity index (χ0) is 21.4. The summed E-state index contributed by atoms with van der Waals surface area (Å²) in [5.74, 6) is 0.0565. The lowest BCUT2D eigenvalue weighted by atomic mass is 10.1. The molecule has 0 bridgehead atoms. The summed E-state index contributed by atoms with van der Waals surface area (Å²) >= 11 is 3.36. The number of amides is 2. The molecule has 4 rings (SSSR count). The predicted octanol–water partition coefficient (Wildman–Crippen LogP) is 3.15. The maximum absolute atomic E-state index is 12.9. The number of hydrogen-bond acceptors (Lipinski definition) is 5. The Bertz CT molecular complexity index is 1140. The van der Waals surface area contributed by atoms with Crippen molar-refractivity contribution in [2.45, 2.75) is 38.7 Å². The number of rotatable bonds is 5. The van der Waals surface area contributed by atoms with Gasteiger partial charge in [0.25, 0.3) is 11.8 Å². The van der Waals surface area contributed by atoms with E-state index in [2.05, 4.69) is 36.9 Å². The third-order valence-electron chi connectivity index (χ3n) is 5.01. The molecule has 1 atom stereocenters. The van der Waals surface area contributed by atoms with E-state index < -0.39 is 17.9 Å². The Labute approximate surface area is 182 Å². The van der Waals surface area contributed by atoms with Crippen molar-refractivity contribution in [3.63, 3.8) is 0 Å². The maximum Gasteiger partial charge on any atom is 0.279 e. The van der Waals surface area contributed by atoms with E-state index >= 15 is 0 Å². The highest BCUT2D eigenvalue weighted by Gasteiger charge is 2.28. The summed E-state index contributed by atoms with van der Waals surface area (Å²) in [5, 5.41) is 5.08. The van der Waals surface area contributed by atoms with Crippen LogP contribution in [0.1, 0.15) is 47.4 Å². The molecule has 1 aliphatic rings. The summed E-state index contributed by atoms with van der Waals surface area (Å²) in [6.07, 6.45) is 1.34. The first kappa shape index (κ1) is 20.3. The first-order chi connectivity index (χ1) is 14.3. The molecule has 0 spiro atoms. The second-order valence-electron chi connectivity index (χ2n) is 7.44. The topological polar surface area (TPSA) is 98.1 Å². The van der Waals surface area contributed by atoms with Crippen molar-refractivity contribution in [1.82, 2.24) is 25.6 Å². The van der Waals surface area contributed by atoms with Crippen LogP contribution in [0.2, 0.25) is 0 Å². The van der Waals surface area contributed by atoms with Crippen molar-refractivity contribution in [2.75, 3.05) is 0 Å². The fourth-order valence-electron chi connectivity index (χ4n) is 3.32. The van der Waals surface area contributed by atoms with E-state index in [0.717, 1.165) is 23.0 Å². The van der Waals surface area contributed by atoms with E-state index in [0.29, 0.717) is 34.0 Å². The van der Waals surface area contributed by atoms with Crippen LogP contribution in [0.5, 0.6) is 5.75 Å². The molecule has 9 heteroatoms. The average molecular weight is 472 g/mol. The summed E-state index contributed by atoms with van der Waals surface area (Å²) in [6.45, 7) is 3.45. The van der Waals surface area contributed by atoms with E-state index in [9.17, 15) is 9.59 Å². The van der Waals surface area contributed by atoms with E-state index in [1.165, 1.54) is 0 Å². The number of benzene rings is 1. The highest BCUT2D eigenvalue weighted by Crippen LogP contribution is 2.40. The van der Waals surface area contributed by atoms with Crippen LogP contribution in [0, 0.1) is 6.92 Å². The quantitative estimate of drug-likeness (QED) is 0.556. The molecule has 1 unspecified atom stereocenters. The number of carbonyl (C=O) groups excluding carboxylic acids is 2. The van der Waals surface area contributed by atoms with Crippen LogP contribution in [0.15, 0.2) is 34.8 Å². The van der Waals surface area contributed by atoms with Gasteiger partial charge in [0.1, 0.15) is 5.75 Å². The van der Waals surface area contributed by atoms with Crippen LogP contribution in [-0.4, -0.2) is 32.7 Å². The molecule has 0 saturated heterocycles. The average Bonchev–Trinajstić information content (AvgIpc) is 3.51. The number of hydrogen-bond donors (Lipinski definition) is 2. The third-order valence-corrected chi connectivity index (χ3v) is 5.50. The molecule has 1 fully saturated rings. The molecule has 8 nitrogen and oxygen atoms in total. The lowest BCUT2D eigenvalue weighted by Crippen LogP contribution is -2.47. The SMILES string of the molecule is Cc1nn(C)c2nc(C3CC3)cc(C(=O)NNC(=O)C(C)Oc3cccc(Br)c3)c12. The van der Waals surface area contributed by atoms with Crippen LogP contribution in [-0.2, 0) is 11.8 Å². The summed E-state index contributed by atoms with van der Waals surface area (Å²) in [5.41, 5.74) is 7.66. The fourth-order valence-corrected chi connectivity index (χ4v) is 3.70. The summed E-state index contributed by atoms with van der Waals surface area (Å²) in [6, 6.07) is 9.00. The van der Waals surface area contributed by atoms with Crippen molar-refractivity contribution in [2.24, 2.45) is 7.05 Å². The largest absolute Gasteiger partial charge is 0.481 e. The first-order valence-electron chi connectivity index (χ1n) is 9.70. The van der Waals surface area contributed by atoms with Gasteiger partial charge in [-0.2, -0.15) is 5.10 Å². The van der Waals surface area contributed by atoms with Gasteiger partial charge in [-0.15, -0.1) is 0 Å². The van der Waals surface area contributed by atoms with Crippen molar-refractivity contribution in [3.05, 3.63) is 51.8 Å². The number of ether oxygens (including phenoxy) is 1. The van der Waals surface area contributed by atoms with Gasteiger partial charge in [0.2, 0.25) is 0 Å². The summed E-state index contributed by atoms with van der Waals surface area (Å²) in [4.78, 5) is 30.0. The molecule has 1 aliphatic carbocycles. The highest BCUT2D eigenvalue weighted by molar-refractivity contribution is 9.10. The van der Waals surface area contributed by atoms with E-state index in [1.54, 1.807) is 29.8 Å². The molecule has 2 heterocycles. The molecule has 156 valence electrons. The fraction of sp³-hybridized carbons (Fsp3) is 0.333. The predicted molar refractivity (Wildman–Crippen MR) is 115 cm³/mol. The lowest BCUT2D eigenvalue weighted by molar-refractivity contribution is -0.128. The normalized spacial score (nSPS) is 14.4. The van der Waals surface area contributed by atoms with Crippen LogP contribution in [0.25, 0.3) is 11.0 Å². The van der Waals surface area contributed by atoms with Crippen LogP contribution < -0.4 is 15.6 Å². The molecular formula is C21H22BrN5O3. The number of carbonyl (C=O) groups is 2. The van der Waals surface area contributed by atoms with E-state index in [4.69, 9.17) is 4.74 Å². The van der Waals surface area contributed by atoms with Crippen molar-refractivity contribution >= 4 is 38.8 Å². The smallest absolute Gasteiger partial charge is 0.279 e. The van der Waals surface area contributed by atoms with Gasteiger partial charge in [-0.25, -0.2) is 4.98 Å². The van der Waals surface area contributed by atoms with Crippen LogP contribution in [0.4, 0.5) is 0 Å². The number of aryl methyl sites for hydroxylation is 2. The molecule has 30 heavy (non-hydrogen) atoms. The minimum absolute atomic E-state index is 0.379. The minimum atomic E-state index is -0.792. The Balaban J connectivity index is 1.48. The van der Waals surface area contributed by atoms with Gasteiger partial charge in [-0.3, -0.25) is 25.1 Å². The summed E-state index contributed by atoms with van der Waals surface area (Å²) in [7, 11) is 1.81. The number of halogens is 1. The molecule has 1 saturated carbocycles. The standard InChI is InChI=1S/C21H22BrN5O3/c1-11-18-16(10-17(13-7-8-13)23-19(18)27(3)26-11)21(29)25-24-20(28)12(2)30-15-6-4-5-14(22)9-15/h4-6,9-10,12-13H,7-8H2,1-3H3,(H,24,28)(H,25,29). The van der Waals surface area contributed by atoms with Crippen molar-refractivity contribution < 1.29 is 14.3 Å². The highest BCUT2D eigenvalue weighted by atomic mass is 79.9.